The van der Waals surface area contributed by atoms with Gasteiger partial charge < -0.3 is 4.74 Å². The molecule has 3 nitrogen and oxygen atoms in total. The Kier molecular flexibility index (Phi) is 6.75. The van der Waals surface area contributed by atoms with E-state index in [-0.39, 0.29) is 0 Å². The van der Waals surface area contributed by atoms with Crippen molar-refractivity contribution in [1.82, 2.24) is 0 Å². The summed E-state index contributed by atoms with van der Waals surface area (Å²) in [4.78, 5) is 16.4. The van der Waals surface area contributed by atoms with Crippen LogP contribution in [-0.4, -0.2) is 11.9 Å². The number of carbonyl (C=O) groups excluding carboxylic acids is 1. The molecule has 0 bridgehead atoms. The molecule has 2 aromatic rings. The van der Waals surface area contributed by atoms with Crippen LogP contribution in [0.4, 0.5) is 0 Å². The molecule has 0 saturated heterocycles. The van der Waals surface area contributed by atoms with Crippen LogP contribution in [0.15, 0.2) is 77.4 Å². The first-order valence-corrected chi connectivity index (χ1v) is 9.60. The average molecular weight is 359 g/mol. The largest absolute Gasteiger partial charge is 0.402 e. The number of ether oxygens (including phenoxy) is 1. The molecule has 0 atom stereocenters. The van der Waals surface area contributed by atoms with Crippen LogP contribution in [0.2, 0.25) is 0 Å². The predicted molar refractivity (Wildman–Crippen MR) is 110 cm³/mol. The molecule has 0 spiro atoms. The van der Waals surface area contributed by atoms with Crippen LogP contribution in [0.25, 0.3) is 6.08 Å². The second-order valence-electron chi connectivity index (χ2n) is 6.64. The molecular formula is C24H25NO2. The lowest BCUT2D eigenvalue weighted by Gasteiger charge is -2.03. The molecule has 3 heteroatoms. The molecule has 0 aliphatic carbocycles. The van der Waals surface area contributed by atoms with Crippen LogP contribution in [-0.2, 0) is 16.0 Å². The lowest BCUT2D eigenvalue weighted by molar-refractivity contribution is -0.130. The molecule has 1 aliphatic rings. The maximum atomic E-state index is 12.0. The van der Waals surface area contributed by atoms with Gasteiger partial charge in [0.25, 0.3) is 0 Å². The van der Waals surface area contributed by atoms with E-state index in [0.29, 0.717) is 11.6 Å². The fourth-order valence-corrected chi connectivity index (χ4v) is 2.93. The summed E-state index contributed by atoms with van der Waals surface area (Å²) in [5.74, 6) is -0.0387. The van der Waals surface area contributed by atoms with Gasteiger partial charge in [0, 0.05) is 5.56 Å². The normalized spacial score (nSPS) is 15.4. The molecule has 0 aromatic heterocycles. The van der Waals surface area contributed by atoms with E-state index < -0.39 is 5.97 Å². The van der Waals surface area contributed by atoms with Gasteiger partial charge in [0.05, 0.1) is 0 Å². The summed E-state index contributed by atoms with van der Waals surface area (Å²) in [6.45, 7) is 2.22. The van der Waals surface area contributed by atoms with Crippen molar-refractivity contribution in [2.75, 3.05) is 0 Å². The molecular weight excluding hydrogens is 334 g/mol. The smallest absolute Gasteiger partial charge is 0.363 e. The Hall–Kier alpha value is -2.94. The Balaban J connectivity index is 1.63. The third-order valence-electron chi connectivity index (χ3n) is 4.48. The number of aliphatic imine (C=N–C) groups is 1. The standard InChI is InChI=1S/C24H25NO2/c1-2-3-4-6-12-20-15-17-21(18-16-20)23-25-22(24(26)27-23)14-9-13-19-10-7-5-8-11-19/h5,7-11,13-18H,2-4,6,12H2,1H3. The summed E-state index contributed by atoms with van der Waals surface area (Å²) < 4.78 is 5.32. The summed E-state index contributed by atoms with van der Waals surface area (Å²) in [7, 11) is 0. The van der Waals surface area contributed by atoms with Crippen LogP contribution >= 0.6 is 0 Å². The number of allylic oxidation sites excluding steroid dienone is 2. The van der Waals surface area contributed by atoms with Gasteiger partial charge in [-0.15, -0.1) is 0 Å². The van der Waals surface area contributed by atoms with Crippen LogP contribution in [0.3, 0.4) is 0 Å². The molecule has 1 heterocycles. The van der Waals surface area contributed by atoms with Crippen molar-refractivity contribution in [1.29, 1.82) is 0 Å². The molecule has 0 amide bonds. The molecule has 0 radical (unpaired) electrons. The summed E-state index contributed by atoms with van der Waals surface area (Å²) >= 11 is 0. The van der Waals surface area contributed by atoms with Gasteiger partial charge in [0.1, 0.15) is 0 Å². The van der Waals surface area contributed by atoms with Gasteiger partial charge in [0.15, 0.2) is 5.70 Å². The van der Waals surface area contributed by atoms with Crippen molar-refractivity contribution >= 4 is 17.9 Å². The Morgan fingerprint density at radius 2 is 1.74 bits per heavy atom. The van der Waals surface area contributed by atoms with E-state index >= 15 is 0 Å². The third-order valence-corrected chi connectivity index (χ3v) is 4.48. The van der Waals surface area contributed by atoms with E-state index in [1.165, 1.54) is 31.2 Å². The Morgan fingerprint density at radius 1 is 0.963 bits per heavy atom. The van der Waals surface area contributed by atoms with Gasteiger partial charge >= 0.3 is 5.97 Å². The molecule has 0 unspecified atom stereocenters. The van der Waals surface area contributed by atoms with E-state index in [2.05, 4.69) is 24.0 Å². The molecule has 3 rings (SSSR count). The highest BCUT2D eigenvalue weighted by atomic mass is 16.6. The number of aryl methyl sites for hydroxylation is 1. The zero-order valence-corrected chi connectivity index (χ0v) is 15.7. The van der Waals surface area contributed by atoms with Crippen LogP contribution in [0.1, 0.15) is 49.3 Å². The van der Waals surface area contributed by atoms with E-state index in [9.17, 15) is 4.79 Å². The minimum Gasteiger partial charge on any atom is -0.402 e. The maximum absolute atomic E-state index is 12.0. The third kappa shape index (κ3) is 5.52. The first-order chi connectivity index (χ1) is 13.3. The van der Waals surface area contributed by atoms with Gasteiger partial charge in [-0.2, -0.15) is 0 Å². The first-order valence-electron chi connectivity index (χ1n) is 9.60. The minimum absolute atomic E-state index is 0.320. The van der Waals surface area contributed by atoms with Crippen LogP contribution in [0.5, 0.6) is 0 Å². The summed E-state index contributed by atoms with van der Waals surface area (Å²) in [6, 6.07) is 18.1. The van der Waals surface area contributed by atoms with Crippen molar-refractivity contribution in [2.24, 2.45) is 4.99 Å². The van der Waals surface area contributed by atoms with E-state index in [0.717, 1.165) is 17.5 Å². The summed E-state index contributed by atoms with van der Waals surface area (Å²) in [6.07, 6.45) is 11.5. The lowest BCUT2D eigenvalue weighted by atomic mass is 10.0. The van der Waals surface area contributed by atoms with Crippen molar-refractivity contribution in [3.63, 3.8) is 0 Å². The van der Waals surface area contributed by atoms with Crippen molar-refractivity contribution < 1.29 is 9.53 Å². The van der Waals surface area contributed by atoms with Crippen LogP contribution in [0, 0.1) is 0 Å². The second kappa shape index (κ2) is 9.67. The lowest BCUT2D eigenvalue weighted by Crippen LogP contribution is -2.05. The number of esters is 1. The monoisotopic (exact) mass is 359 g/mol. The highest BCUT2D eigenvalue weighted by Gasteiger charge is 2.23. The number of hydrogen-bond donors (Lipinski definition) is 0. The molecule has 0 fully saturated rings. The molecule has 0 N–H and O–H groups in total. The van der Waals surface area contributed by atoms with E-state index in [1.54, 1.807) is 6.08 Å². The number of benzene rings is 2. The second-order valence-corrected chi connectivity index (χ2v) is 6.64. The summed E-state index contributed by atoms with van der Waals surface area (Å²) in [5.41, 5.74) is 3.53. The highest BCUT2D eigenvalue weighted by Crippen LogP contribution is 2.18. The minimum atomic E-state index is -0.411. The maximum Gasteiger partial charge on any atom is 0.363 e. The van der Waals surface area contributed by atoms with Gasteiger partial charge in [-0.3, -0.25) is 0 Å². The predicted octanol–water partition coefficient (Wildman–Crippen LogP) is 5.71. The van der Waals surface area contributed by atoms with Gasteiger partial charge in [0.2, 0.25) is 5.90 Å². The topological polar surface area (TPSA) is 38.7 Å². The number of rotatable bonds is 8. The quantitative estimate of drug-likeness (QED) is 0.344. The van der Waals surface area contributed by atoms with E-state index in [1.807, 2.05) is 54.6 Å². The first kappa shape index (κ1) is 18.8. The average Bonchev–Trinajstić information content (AvgIpc) is 3.07. The zero-order valence-electron chi connectivity index (χ0n) is 15.7. The Labute approximate surface area is 161 Å². The SMILES string of the molecule is CCCCCCc1ccc(C2=NC(=CC=Cc3ccccc3)C(=O)O2)cc1. The fourth-order valence-electron chi connectivity index (χ4n) is 2.93. The molecule has 138 valence electrons. The van der Waals surface area contributed by atoms with Crippen LogP contribution < -0.4 is 0 Å². The fraction of sp³-hybridized carbons (Fsp3) is 0.250. The number of nitrogens with zero attached hydrogens (tertiary/aromatic N) is 1. The number of unbranched alkanes of at least 4 members (excludes halogenated alkanes) is 3. The Morgan fingerprint density at radius 3 is 2.48 bits per heavy atom. The van der Waals surface area contributed by atoms with Crippen molar-refractivity contribution in [3.8, 4) is 0 Å². The molecule has 1 aliphatic heterocycles. The zero-order chi connectivity index (χ0) is 18.9. The summed E-state index contributed by atoms with van der Waals surface area (Å²) in [5, 5.41) is 0. The number of carbonyl (C=O) groups is 1. The van der Waals surface area contributed by atoms with Gasteiger partial charge in [-0.05, 0) is 42.2 Å². The van der Waals surface area contributed by atoms with Crippen molar-refractivity contribution in [3.05, 3.63) is 89.1 Å². The van der Waals surface area contributed by atoms with Gasteiger partial charge in [-0.25, -0.2) is 9.79 Å². The molecule has 0 saturated carbocycles. The molecule has 27 heavy (non-hydrogen) atoms. The highest BCUT2D eigenvalue weighted by molar-refractivity contribution is 6.11. The molecule has 2 aromatic carbocycles. The van der Waals surface area contributed by atoms with Crippen molar-refractivity contribution in [2.45, 2.75) is 39.0 Å². The number of hydrogen-bond acceptors (Lipinski definition) is 3. The van der Waals surface area contributed by atoms with Gasteiger partial charge in [-0.1, -0.05) is 80.8 Å². The van der Waals surface area contributed by atoms with E-state index in [4.69, 9.17) is 4.74 Å². The number of cyclic esters (lactones) is 1. The Bertz CT molecular complexity index is 846.